The smallest absolute Gasteiger partial charge is 0.254 e. The Kier molecular flexibility index (Phi) is 3.34. The Labute approximate surface area is 132 Å². The third-order valence-corrected chi connectivity index (χ3v) is 4.00. The van der Waals surface area contributed by atoms with Gasteiger partial charge in [-0.05, 0) is 18.2 Å². The summed E-state index contributed by atoms with van der Waals surface area (Å²) in [7, 11) is 0. The molecule has 1 amide bonds. The van der Waals surface area contributed by atoms with Crippen LogP contribution in [0.1, 0.15) is 10.4 Å². The molecule has 0 spiro atoms. The summed E-state index contributed by atoms with van der Waals surface area (Å²) in [6.45, 7) is 2.81. The van der Waals surface area contributed by atoms with Crippen molar-refractivity contribution in [2.45, 2.75) is 0 Å². The SMILES string of the molecule is O=C(c1ccc2n[nH]nc2c1)N1CCN(c2cnccn2)CC1. The van der Waals surface area contributed by atoms with Crippen LogP contribution in [0.25, 0.3) is 11.0 Å². The Morgan fingerprint density at radius 3 is 2.65 bits per heavy atom. The van der Waals surface area contributed by atoms with E-state index in [2.05, 4.69) is 30.3 Å². The van der Waals surface area contributed by atoms with Crippen molar-refractivity contribution in [3.8, 4) is 0 Å². The summed E-state index contributed by atoms with van der Waals surface area (Å²) in [5.74, 6) is 0.873. The van der Waals surface area contributed by atoms with Crippen molar-refractivity contribution in [1.29, 1.82) is 0 Å². The summed E-state index contributed by atoms with van der Waals surface area (Å²) in [6.07, 6.45) is 5.08. The van der Waals surface area contributed by atoms with Crippen LogP contribution >= 0.6 is 0 Å². The normalized spacial score (nSPS) is 15.1. The lowest BCUT2D eigenvalue weighted by molar-refractivity contribution is 0.0746. The quantitative estimate of drug-likeness (QED) is 0.750. The topological polar surface area (TPSA) is 90.9 Å². The minimum Gasteiger partial charge on any atom is -0.352 e. The molecule has 1 N–H and O–H groups in total. The largest absolute Gasteiger partial charge is 0.352 e. The van der Waals surface area contributed by atoms with Crippen molar-refractivity contribution >= 4 is 22.8 Å². The van der Waals surface area contributed by atoms with Crippen LogP contribution in [0.15, 0.2) is 36.8 Å². The number of fused-ring (bicyclic) bond motifs is 1. The van der Waals surface area contributed by atoms with Gasteiger partial charge < -0.3 is 9.80 Å². The van der Waals surface area contributed by atoms with Gasteiger partial charge in [0, 0.05) is 44.1 Å². The molecule has 1 saturated heterocycles. The number of carbonyl (C=O) groups excluding carboxylic acids is 1. The van der Waals surface area contributed by atoms with E-state index in [0.717, 1.165) is 24.4 Å². The van der Waals surface area contributed by atoms with Crippen molar-refractivity contribution in [2.75, 3.05) is 31.1 Å². The molecule has 0 radical (unpaired) electrons. The van der Waals surface area contributed by atoms with Crippen LogP contribution in [0.4, 0.5) is 5.82 Å². The second-order valence-corrected chi connectivity index (χ2v) is 5.37. The zero-order chi connectivity index (χ0) is 15.6. The molecule has 23 heavy (non-hydrogen) atoms. The Balaban J connectivity index is 1.46. The highest BCUT2D eigenvalue weighted by Crippen LogP contribution is 2.16. The summed E-state index contributed by atoms with van der Waals surface area (Å²) in [4.78, 5) is 25.0. The Morgan fingerprint density at radius 1 is 1.04 bits per heavy atom. The zero-order valence-electron chi connectivity index (χ0n) is 12.4. The second-order valence-electron chi connectivity index (χ2n) is 5.37. The summed E-state index contributed by atoms with van der Waals surface area (Å²) in [6, 6.07) is 5.38. The third kappa shape index (κ3) is 2.59. The van der Waals surface area contributed by atoms with Crippen molar-refractivity contribution in [2.24, 2.45) is 0 Å². The van der Waals surface area contributed by atoms with Crippen LogP contribution in [-0.4, -0.2) is 62.4 Å². The van der Waals surface area contributed by atoms with Crippen molar-refractivity contribution in [1.82, 2.24) is 30.3 Å². The number of rotatable bonds is 2. The molecule has 4 rings (SSSR count). The van der Waals surface area contributed by atoms with E-state index in [1.807, 2.05) is 11.0 Å². The molecule has 1 aliphatic heterocycles. The lowest BCUT2D eigenvalue weighted by Crippen LogP contribution is -2.49. The maximum atomic E-state index is 12.6. The number of carbonyl (C=O) groups is 1. The van der Waals surface area contributed by atoms with Gasteiger partial charge in [0.25, 0.3) is 5.91 Å². The number of aromatic amines is 1. The maximum Gasteiger partial charge on any atom is 0.254 e. The molecule has 0 atom stereocenters. The average molecular weight is 309 g/mol. The molecular formula is C15H15N7O. The maximum absolute atomic E-state index is 12.6. The summed E-state index contributed by atoms with van der Waals surface area (Å²) >= 11 is 0. The second kappa shape index (κ2) is 5.64. The van der Waals surface area contributed by atoms with Gasteiger partial charge in [-0.3, -0.25) is 9.78 Å². The first-order valence-corrected chi connectivity index (χ1v) is 7.42. The molecule has 1 aliphatic rings. The van der Waals surface area contributed by atoms with Crippen LogP contribution in [0, 0.1) is 0 Å². The number of H-pyrrole nitrogens is 1. The van der Waals surface area contributed by atoms with Gasteiger partial charge in [0.2, 0.25) is 0 Å². The first-order valence-electron chi connectivity index (χ1n) is 7.42. The fraction of sp³-hybridized carbons (Fsp3) is 0.267. The lowest BCUT2D eigenvalue weighted by atomic mass is 10.1. The first kappa shape index (κ1) is 13.6. The number of nitrogens with one attached hydrogen (secondary N) is 1. The van der Waals surface area contributed by atoms with E-state index in [9.17, 15) is 4.79 Å². The van der Waals surface area contributed by atoms with Gasteiger partial charge >= 0.3 is 0 Å². The van der Waals surface area contributed by atoms with E-state index >= 15 is 0 Å². The molecule has 2 aromatic heterocycles. The van der Waals surface area contributed by atoms with Crippen LogP contribution in [-0.2, 0) is 0 Å². The number of hydrogen-bond acceptors (Lipinski definition) is 6. The fourth-order valence-electron chi connectivity index (χ4n) is 2.75. The van der Waals surface area contributed by atoms with Gasteiger partial charge in [-0.2, -0.15) is 15.4 Å². The summed E-state index contributed by atoms with van der Waals surface area (Å²) < 4.78 is 0. The van der Waals surface area contributed by atoms with E-state index in [4.69, 9.17) is 0 Å². The molecule has 0 aliphatic carbocycles. The predicted molar refractivity (Wildman–Crippen MR) is 84.0 cm³/mol. The van der Waals surface area contributed by atoms with Gasteiger partial charge in [-0.15, -0.1) is 0 Å². The molecule has 116 valence electrons. The van der Waals surface area contributed by atoms with E-state index in [1.165, 1.54) is 0 Å². The predicted octanol–water partition coefficient (Wildman–Crippen LogP) is 0.710. The fourth-order valence-corrected chi connectivity index (χ4v) is 2.75. The van der Waals surface area contributed by atoms with E-state index < -0.39 is 0 Å². The number of benzene rings is 1. The Hall–Kier alpha value is -3.03. The number of anilines is 1. The standard InChI is InChI=1S/C15H15N7O/c23-15(11-1-2-12-13(9-11)19-20-18-12)22-7-5-21(6-8-22)14-10-16-3-4-17-14/h1-4,9-10H,5-8H2,(H,18,19,20). The minimum atomic E-state index is 0.0219. The number of piperazine rings is 1. The summed E-state index contributed by atoms with van der Waals surface area (Å²) in [5.41, 5.74) is 2.10. The van der Waals surface area contributed by atoms with Crippen molar-refractivity contribution in [3.63, 3.8) is 0 Å². The van der Waals surface area contributed by atoms with Crippen molar-refractivity contribution in [3.05, 3.63) is 42.4 Å². The number of nitrogens with zero attached hydrogens (tertiary/aromatic N) is 6. The van der Waals surface area contributed by atoms with Gasteiger partial charge in [0.05, 0.1) is 6.20 Å². The molecule has 3 aromatic rings. The monoisotopic (exact) mass is 309 g/mol. The van der Waals surface area contributed by atoms with E-state index in [-0.39, 0.29) is 5.91 Å². The van der Waals surface area contributed by atoms with Gasteiger partial charge in [0.1, 0.15) is 16.9 Å². The third-order valence-electron chi connectivity index (χ3n) is 4.00. The Bertz CT molecular complexity index is 824. The van der Waals surface area contributed by atoms with Crippen LogP contribution in [0.3, 0.4) is 0 Å². The van der Waals surface area contributed by atoms with Crippen LogP contribution in [0.2, 0.25) is 0 Å². The van der Waals surface area contributed by atoms with Crippen LogP contribution < -0.4 is 4.90 Å². The molecule has 0 bridgehead atoms. The highest BCUT2D eigenvalue weighted by molar-refractivity contribution is 5.97. The molecule has 8 nitrogen and oxygen atoms in total. The Morgan fingerprint density at radius 2 is 1.87 bits per heavy atom. The molecule has 8 heteroatoms. The molecular weight excluding hydrogens is 294 g/mol. The number of hydrogen-bond donors (Lipinski definition) is 1. The molecule has 3 heterocycles. The lowest BCUT2D eigenvalue weighted by Gasteiger charge is -2.35. The minimum absolute atomic E-state index is 0.0219. The molecule has 0 unspecified atom stereocenters. The highest BCUT2D eigenvalue weighted by atomic mass is 16.2. The van der Waals surface area contributed by atoms with Crippen LogP contribution in [0.5, 0.6) is 0 Å². The van der Waals surface area contributed by atoms with Crippen molar-refractivity contribution < 1.29 is 4.79 Å². The summed E-state index contributed by atoms with van der Waals surface area (Å²) in [5, 5.41) is 10.6. The van der Waals surface area contributed by atoms with Gasteiger partial charge in [0.15, 0.2) is 0 Å². The zero-order valence-corrected chi connectivity index (χ0v) is 12.4. The first-order chi connectivity index (χ1) is 11.3. The van der Waals surface area contributed by atoms with E-state index in [0.29, 0.717) is 24.2 Å². The van der Waals surface area contributed by atoms with Gasteiger partial charge in [-0.1, -0.05) is 0 Å². The highest BCUT2D eigenvalue weighted by Gasteiger charge is 2.23. The number of aromatic nitrogens is 5. The van der Waals surface area contributed by atoms with Gasteiger partial charge in [-0.25, -0.2) is 4.98 Å². The number of amides is 1. The molecule has 1 fully saturated rings. The van der Waals surface area contributed by atoms with E-state index in [1.54, 1.807) is 30.7 Å². The molecule has 1 aromatic carbocycles. The molecule has 0 saturated carbocycles. The average Bonchev–Trinajstić information content (AvgIpc) is 3.10.